The molecule has 0 N–H and O–H groups in total. The molecule has 4 nitrogen and oxygen atoms in total. The van der Waals surface area contributed by atoms with E-state index in [9.17, 15) is 0 Å². The lowest BCUT2D eigenvalue weighted by Crippen LogP contribution is -2.00. The normalized spacial score (nSPS) is 11.7. The van der Waals surface area contributed by atoms with E-state index in [0.29, 0.717) is 17.5 Å². The van der Waals surface area contributed by atoms with Gasteiger partial charge in [0.25, 0.3) is 0 Å². The third kappa shape index (κ3) is 4.65. The van der Waals surface area contributed by atoms with Gasteiger partial charge in [-0.15, -0.1) is 0 Å². The lowest BCUT2D eigenvalue weighted by molar-refractivity contribution is 0.669. The van der Waals surface area contributed by atoms with Crippen molar-refractivity contribution in [1.29, 1.82) is 0 Å². The number of rotatable bonds is 4. The maximum absolute atomic E-state index is 6.17. The summed E-state index contributed by atoms with van der Waals surface area (Å²) in [6.45, 7) is 0. The molecule has 0 amide bonds. The van der Waals surface area contributed by atoms with Crippen molar-refractivity contribution in [2.45, 2.75) is 0 Å². The SMILES string of the molecule is c1ccc(-c2nc(-c3ccc4cc(-c5cccc6oc7ccccc7c56)ccc4c3)nc(-c3ccc4ccc5ccccc5c4c3)n2)cc1. The number of hydrogen-bond acceptors (Lipinski definition) is 4. The fraction of sp³-hybridized carbons (Fsp3) is 0. The Morgan fingerprint density at radius 2 is 0.878 bits per heavy atom. The van der Waals surface area contributed by atoms with E-state index >= 15 is 0 Å². The van der Waals surface area contributed by atoms with Crippen molar-refractivity contribution in [3.05, 3.63) is 164 Å². The van der Waals surface area contributed by atoms with Crippen LogP contribution in [0.15, 0.2) is 168 Å². The minimum absolute atomic E-state index is 0.641. The Kier molecular flexibility index (Phi) is 6.15. The molecule has 4 heteroatoms. The maximum atomic E-state index is 6.17. The largest absolute Gasteiger partial charge is 0.456 e. The van der Waals surface area contributed by atoms with Crippen molar-refractivity contribution < 1.29 is 4.42 Å². The van der Waals surface area contributed by atoms with Crippen LogP contribution in [0.1, 0.15) is 0 Å². The second kappa shape index (κ2) is 11.0. The average Bonchev–Trinajstić information content (AvgIpc) is 3.56. The fourth-order valence-electron chi connectivity index (χ4n) is 7.06. The standard InChI is InChI=1S/C45H27N3O/c1-2-10-30(11-3-1)43-46-44(48-45(47-43)35-23-19-29-18-17-28-9-4-5-12-36(28)39(29)27-35)34-24-21-31-25-33(22-20-32(31)26-34)37-14-8-16-41-42(37)38-13-6-7-15-40(38)49-41/h1-27H. The summed E-state index contributed by atoms with van der Waals surface area (Å²) in [7, 11) is 0. The summed E-state index contributed by atoms with van der Waals surface area (Å²) < 4.78 is 6.17. The van der Waals surface area contributed by atoms with Gasteiger partial charge in [0.05, 0.1) is 0 Å². The number of fused-ring (bicyclic) bond motifs is 7. The average molecular weight is 626 g/mol. The second-order valence-corrected chi connectivity index (χ2v) is 12.4. The highest BCUT2D eigenvalue weighted by molar-refractivity contribution is 6.13. The zero-order valence-electron chi connectivity index (χ0n) is 26.3. The van der Waals surface area contributed by atoms with Crippen LogP contribution >= 0.6 is 0 Å². The van der Waals surface area contributed by atoms with Gasteiger partial charge in [-0.3, -0.25) is 0 Å². The molecule has 0 aliphatic heterocycles. The van der Waals surface area contributed by atoms with Crippen molar-refractivity contribution in [1.82, 2.24) is 15.0 Å². The van der Waals surface area contributed by atoms with Crippen LogP contribution in [0, 0.1) is 0 Å². The van der Waals surface area contributed by atoms with Gasteiger partial charge in [-0.25, -0.2) is 15.0 Å². The summed E-state index contributed by atoms with van der Waals surface area (Å²) in [4.78, 5) is 15.1. The Hall–Kier alpha value is -6.65. The van der Waals surface area contributed by atoms with Crippen molar-refractivity contribution in [2.24, 2.45) is 0 Å². The van der Waals surface area contributed by atoms with Gasteiger partial charge in [0.2, 0.25) is 0 Å². The minimum atomic E-state index is 0.641. The van der Waals surface area contributed by atoms with E-state index in [-0.39, 0.29) is 0 Å². The molecule has 0 saturated carbocycles. The number of benzene rings is 8. The molecule has 0 radical (unpaired) electrons. The topological polar surface area (TPSA) is 51.8 Å². The molecule has 0 aliphatic rings. The summed E-state index contributed by atoms with van der Waals surface area (Å²) >= 11 is 0. The summed E-state index contributed by atoms with van der Waals surface area (Å²) in [5, 5.41) is 9.32. The van der Waals surface area contributed by atoms with Crippen molar-refractivity contribution in [2.75, 3.05) is 0 Å². The van der Waals surface area contributed by atoms with Gasteiger partial charge in [0.15, 0.2) is 17.5 Å². The first-order valence-electron chi connectivity index (χ1n) is 16.4. The molecule has 0 saturated heterocycles. The van der Waals surface area contributed by atoms with Crippen LogP contribution in [0.3, 0.4) is 0 Å². The molecule has 8 aromatic carbocycles. The first-order valence-corrected chi connectivity index (χ1v) is 16.4. The number of nitrogens with zero attached hydrogens (tertiary/aromatic N) is 3. The maximum Gasteiger partial charge on any atom is 0.164 e. The number of para-hydroxylation sites is 1. The third-order valence-corrected chi connectivity index (χ3v) is 9.48. The van der Waals surface area contributed by atoms with E-state index in [1.54, 1.807) is 0 Å². The van der Waals surface area contributed by atoms with E-state index in [0.717, 1.165) is 60.5 Å². The Balaban J connectivity index is 1.10. The first-order chi connectivity index (χ1) is 24.2. The van der Waals surface area contributed by atoms with Crippen LogP contribution in [-0.2, 0) is 0 Å². The second-order valence-electron chi connectivity index (χ2n) is 12.4. The molecular formula is C45H27N3O. The molecule has 2 aromatic heterocycles. The molecule has 0 unspecified atom stereocenters. The number of hydrogen-bond donors (Lipinski definition) is 0. The number of aromatic nitrogens is 3. The van der Waals surface area contributed by atoms with E-state index in [1.807, 2.05) is 48.5 Å². The highest BCUT2D eigenvalue weighted by Crippen LogP contribution is 2.38. The molecule has 49 heavy (non-hydrogen) atoms. The highest BCUT2D eigenvalue weighted by atomic mass is 16.3. The van der Waals surface area contributed by atoms with Crippen LogP contribution in [0.25, 0.3) is 99.5 Å². The van der Waals surface area contributed by atoms with Gasteiger partial charge in [-0.2, -0.15) is 0 Å². The highest BCUT2D eigenvalue weighted by Gasteiger charge is 2.15. The van der Waals surface area contributed by atoms with Gasteiger partial charge >= 0.3 is 0 Å². The number of furan rings is 1. The fourth-order valence-corrected chi connectivity index (χ4v) is 7.06. The van der Waals surface area contributed by atoms with E-state index in [2.05, 4.69) is 115 Å². The van der Waals surface area contributed by atoms with Crippen LogP contribution in [0.2, 0.25) is 0 Å². The molecule has 10 rings (SSSR count). The van der Waals surface area contributed by atoms with Crippen molar-refractivity contribution in [3.63, 3.8) is 0 Å². The predicted molar refractivity (Wildman–Crippen MR) is 201 cm³/mol. The minimum Gasteiger partial charge on any atom is -0.456 e. The quantitative estimate of drug-likeness (QED) is 0.183. The molecule has 0 spiro atoms. The lowest BCUT2D eigenvalue weighted by Gasteiger charge is -2.11. The summed E-state index contributed by atoms with van der Waals surface area (Å²) in [6, 6.07) is 57.0. The van der Waals surface area contributed by atoms with Gasteiger partial charge in [-0.1, -0.05) is 133 Å². The Morgan fingerprint density at radius 1 is 0.327 bits per heavy atom. The van der Waals surface area contributed by atoms with Crippen molar-refractivity contribution in [3.8, 4) is 45.3 Å². The Bertz CT molecular complexity index is 2890. The molecule has 0 fully saturated rings. The van der Waals surface area contributed by atoms with Gasteiger partial charge in [0.1, 0.15) is 11.2 Å². The molecule has 0 atom stereocenters. The molecular weight excluding hydrogens is 599 g/mol. The molecule has 10 aromatic rings. The smallest absolute Gasteiger partial charge is 0.164 e. The zero-order chi connectivity index (χ0) is 32.3. The van der Waals surface area contributed by atoms with Gasteiger partial charge < -0.3 is 4.42 Å². The molecule has 228 valence electrons. The zero-order valence-corrected chi connectivity index (χ0v) is 26.3. The van der Waals surface area contributed by atoms with Crippen LogP contribution in [0.5, 0.6) is 0 Å². The molecule has 0 bridgehead atoms. The van der Waals surface area contributed by atoms with Crippen molar-refractivity contribution >= 4 is 54.3 Å². The summed E-state index contributed by atoms with van der Waals surface area (Å²) in [5.74, 6) is 1.94. The monoisotopic (exact) mass is 625 g/mol. The van der Waals surface area contributed by atoms with Crippen LogP contribution in [0.4, 0.5) is 0 Å². The first kappa shape index (κ1) is 27.5. The summed E-state index contributed by atoms with van der Waals surface area (Å²) in [5.41, 5.74) is 6.95. The van der Waals surface area contributed by atoms with Gasteiger partial charge in [0, 0.05) is 27.5 Å². The Labute approximate surface area is 282 Å². The molecule has 0 aliphatic carbocycles. The summed E-state index contributed by atoms with van der Waals surface area (Å²) in [6.07, 6.45) is 0. The van der Waals surface area contributed by atoms with Gasteiger partial charge in [-0.05, 0) is 73.8 Å². The lowest BCUT2D eigenvalue weighted by atomic mass is 9.96. The molecule has 2 heterocycles. The third-order valence-electron chi connectivity index (χ3n) is 9.48. The van der Waals surface area contributed by atoms with E-state index in [1.165, 1.54) is 21.5 Å². The van der Waals surface area contributed by atoms with E-state index in [4.69, 9.17) is 19.4 Å². The van der Waals surface area contributed by atoms with Crippen LogP contribution in [-0.4, -0.2) is 15.0 Å². The Morgan fingerprint density at radius 3 is 1.67 bits per heavy atom. The predicted octanol–water partition coefficient (Wildman–Crippen LogP) is 11.9. The van der Waals surface area contributed by atoms with E-state index < -0.39 is 0 Å². The van der Waals surface area contributed by atoms with Crippen LogP contribution < -0.4 is 0 Å².